The van der Waals surface area contributed by atoms with Gasteiger partial charge in [0.1, 0.15) is 0 Å². The Balaban J connectivity index is -0.000000180. The number of hydrogen-bond donors (Lipinski definition) is 1. The predicted octanol–water partition coefficient (Wildman–Crippen LogP) is -5.46. The van der Waals surface area contributed by atoms with E-state index in [-0.39, 0.29) is 35.0 Å². The zero-order chi connectivity index (χ0) is 5.54. The van der Waals surface area contributed by atoms with Crippen molar-refractivity contribution in [3.63, 3.8) is 0 Å². The molecule has 0 saturated heterocycles. The first-order valence-corrected chi connectivity index (χ1v) is 2.19. The van der Waals surface area contributed by atoms with Crippen LogP contribution in [0, 0.1) is 11.5 Å². The predicted molar refractivity (Wildman–Crippen MR) is 28.2 cm³/mol. The maximum atomic E-state index is 9.40. The summed E-state index contributed by atoms with van der Waals surface area (Å²) >= 11 is 0.644. The van der Waals surface area contributed by atoms with Gasteiger partial charge in [-0.25, -0.2) is 5.43 Å². The number of nitriles is 1. The fourth-order valence-electron chi connectivity index (χ4n) is 0.0683. The molecule has 0 aliphatic heterocycles. The molecule has 0 rings (SSSR count). The fraction of sp³-hybridized carbons (Fsp3) is 0. The summed E-state index contributed by atoms with van der Waals surface area (Å²) in [6.07, 6.45) is 1.51. The third-order valence-electron chi connectivity index (χ3n) is 0.191. The van der Waals surface area contributed by atoms with Crippen LogP contribution in [0.15, 0.2) is 4.47 Å². The molecule has 0 heterocycles. The summed E-state index contributed by atoms with van der Waals surface area (Å²) in [6.45, 7) is 0. The van der Waals surface area contributed by atoms with E-state index in [1.807, 2.05) is 5.43 Å². The second-order valence-electron chi connectivity index (χ2n) is 0.517. The van der Waals surface area contributed by atoms with Crippen LogP contribution in [0.5, 0.6) is 0 Å². The van der Waals surface area contributed by atoms with Crippen molar-refractivity contribution in [3.05, 3.63) is 0 Å². The monoisotopic (exact) mass is 157 g/mol. The molecule has 7 heteroatoms. The molecule has 0 aliphatic carbocycles. The van der Waals surface area contributed by atoms with Gasteiger partial charge in [0, 0.05) is 0 Å². The molecule has 46 valence electrons. The smallest absolute Gasteiger partial charge is 0.824 e. The third kappa shape index (κ3) is 17.9. The minimum Gasteiger partial charge on any atom is -0.824 e. The average Bonchev–Trinajstić information content (AvgIpc) is 1.69. The summed E-state index contributed by atoms with van der Waals surface area (Å²) in [7, 11) is 0. The zero-order valence-electron chi connectivity index (χ0n) is 4.79. The number of nitrogens with zero attached hydrogens (tertiary/aromatic N) is 2. The van der Waals surface area contributed by atoms with Crippen LogP contribution in [-0.4, -0.2) is 11.0 Å². The van der Waals surface area contributed by atoms with Gasteiger partial charge in [0.15, 0.2) is 6.19 Å². The van der Waals surface area contributed by atoms with Gasteiger partial charge in [0.2, 0.25) is 0 Å². The van der Waals surface area contributed by atoms with E-state index < -0.39 is 0 Å². The molecule has 3 N–H and O–H groups in total. The Morgan fingerprint density at radius 1 is 1.78 bits per heavy atom. The molecular weight excluding hydrogens is 153 g/mol. The Hall–Kier alpha value is 0.100. The first kappa shape index (κ1) is 16.0. The van der Waals surface area contributed by atoms with Crippen molar-refractivity contribution in [2.75, 3.05) is 0 Å². The van der Waals surface area contributed by atoms with E-state index in [1.54, 1.807) is 0 Å². The molecular formula is C2H4N3NaO2S. The van der Waals surface area contributed by atoms with Crippen LogP contribution in [0.2, 0.25) is 0 Å². The Labute approximate surface area is 78.0 Å². The Morgan fingerprint density at radius 2 is 2.33 bits per heavy atom. The van der Waals surface area contributed by atoms with Gasteiger partial charge in [-0.1, -0.05) is 0 Å². The van der Waals surface area contributed by atoms with E-state index in [0.29, 0.717) is 16.7 Å². The third-order valence-corrected chi connectivity index (χ3v) is 0.474. The average molecular weight is 157 g/mol. The fourth-order valence-corrected chi connectivity index (χ4v) is 0.205. The van der Waals surface area contributed by atoms with Crippen LogP contribution in [0.4, 0.5) is 0 Å². The van der Waals surface area contributed by atoms with Crippen molar-refractivity contribution in [3.8, 4) is 6.19 Å². The van der Waals surface area contributed by atoms with Crippen LogP contribution in [-0.2, 0) is 11.1 Å². The van der Waals surface area contributed by atoms with Gasteiger partial charge < -0.3 is 10.6 Å². The van der Waals surface area contributed by atoms with E-state index in [2.05, 4.69) is 4.47 Å². The summed E-state index contributed by atoms with van der Waals surface area (Å²) < 4.78 is 3.15. The first-order valence-electron chi connectivity index (χ1n) is 1.35. The minimum absolute atomic E-state index is 0. The molecule has 0 fully saturated rings. The molecule has 0 aromatic carbocycles. The van der Waals surface area contributed by atoms with Crippen LogP contribution in [0.1, 0.15) is 0 Å². The van der Waals surface area contributed by atoms with Crippen molar-refractivity contribution in [1.29, 1.82) is 5.26 Å². The van der Waals surface area contributed by atoms with Gasteiger partial charge in [-0.05, 0) is 11.1 Å². The number of rotatable bonds is 1. The van der Waals surface area contributed by atoms with Gasteiger partial charge in [0.05, 0.1) is 0 Å². The zero-order valence-corrected chi connectivity index (χ0v) is 7.60. The molecule has 0 aromatic heterocycles. The molecule has 9 heavy (non-hydrogen) atoms. The van der Waals surface area contributed by atoms with Crippen molar-refractivity contribution < 1.29 is 40.1 Å². The molecule has 0 aromatic rings. The molecule has 5 nitrogen and oxygen atoms in total. The summed E-state index contributed by atoms with van der Waals surface area (Å²) in [5.74, 6) is 0. The molecule has 0 radical (unpaired) electrons. The van der Waals surface area contributed by atoms with E-state index in [0.717, 1.165) is 0 Å². The van der Waals surface area contributed by atoms with Crippen molar-refractivity contribution in [2.45, 2.75) is 0 Å². The standard InChI is InChI=1S/C2H3N3OS.Na.H2O/c3-1-4-5-7-2-6;;/h2,4,6H;;1H2/q;+1;/p-1. The second kappa shape index (κ2) is 15.7. The van der Waals surface area contributed by atoms with E-state index in [1.165, 1.54) is 6.19 Å². The molecule has 0 saturated carbocycles. The van der Waals surface area contributed by atoms with Gasteiger partial charge in [-0.15, -0.1) is 10.0 Å². The van der Waals surface area contributed by atoms with Gasteiger partial charge in [-0.2, -0.15) is 5.26 Å². The van der Waals surface area contributed by atoms with Gasteiger partial charge in [0.25, 0.3) is 0 Å². The summed E-state index contributed by atoms with van der Waals surface area (Å²) in [5, 5.41) is 17.1. The van der Waals surface area contributed by atoms with Crippen molar-refractivity contribution >= 4 is 16.7 Å². The minimum atomic E-state index is 0. The second-order valence-corrected chi connectivity index (χ2v) is 1.10. The molecule has 0 bridgehead atoms. The first-order chi connectivity index (χ1) is 3.41. The largest absolute Gasteiger partial charge is 1.00 e. The van der Waals surface area contributed by atoms with E-state index in [4.69, 9.17) is 5.26 Å². The van der Waals surface area contributed by atoms with Crippen molar-refractivity contribution in [1.82, 2.24) is 5.43 Å². The molecule has 0 amide bonds. The quantitative estimate of drug-likeness (QED) is 0.135. The number of nitrogens with one attached hydrogen (secondary N) is 1. The van der Waals surface area contributed by atoms with E-state index in [9.17, 15) is 5.11 Å². The van der Waals surface area contributed by atoms with Crippen LogP contribution >= 0.6 is 0 Å². The molecule has 0 atom stereocenters. The molecule has 0 aliphatic rings. The summed E-state index contributed by atoms with van der Waals surface area (Å²) in [6, 6.07) is 0. The summed E-state index contributed by atoms with van der Waals surface area (Å²) in [5.41, 5.74) is 2.43. The van der Waals surface area contributed by atoms with Crippen LogP contribution in [0.3, 0.4) is 0 Å². The number of hydrogen-bond acceptors (Lipinski definition) is 3. The molecule has 0 spiro atoms. The van der Waals surface area contributed by atoms with Crippen molar-refractivity contribution in [2.24, 2.45) is 4.47 Å². The van der Waals surface area contributed by atoms with Crippen LogP contribution in [0.25, 0.3) is 0 Å². The normalized spacial score (nSPS) is 4.44. The maximum absolute atomic E-state index is 9.40. The Kier molecular flexibility index (Phi) is 28.0. The van der Waals surface area contributed by atoms with Gasteiger partial charge >= 0.3 is 29.6 Å². The topological polar surface area (TPSA) is 103 Å². The maximum Gasteiger partial charge on any atom is 1.00 e. The SMILES string of the molecule is N#CNN=S=C[O-].O.[Na+]. The van der Waals surface area contributed by atoms with Gasteiger partial charge in [-0.3, -0.25) is 0 Å². The Morgan fingerprint density at radius 3 is 2.67 bits per heavy atom. The molecule has 0 unspecified atom stereocenters. The summed E-state index contributed by atoms with van der Waals surface area (Å²) in [4.78, 5) is 0. The Bertz CT molecular complexity index is 137. The van der Waals surface area contributed by atoms with E-state index >= 15 is 0 Å². The van der Waals surface area contributed by atoms with Crippen LogP contribution < -0.4 is 40.1 Å².